The Kier molecular flexibility index (Phi) is 2.05. The Hall–Kier alpha value is -0.760. The van der Waals surface area contributed by atoms with Crippen LogP contribution in [-0.2, 0) is 0 Å². The van der Waals surface area contributed by atoms with Crippen LogP contribution in [0.25, 0.3) is 0 Å². The van der Waals surface area contributed by atoms with E-state index in [2.05, 4.69) is 0 Å². The van der Waals surface area contributed by atoms with Crippen LogP contribution in [0.1, 0.15) is 20.3 Å². The third kappa shape index (κ3) is 1.63. The summed E-state index contributed by atoms with van der Waals surface area (Å²) in [6, 6.07) is 0. The van der Waals surface area contributed by atoms with E-state index in [9.17, 15) is 5.11 Å². The predicted octanol–water partition coefficient (Wildman–Crippen LogP) is 1.78. The summed E-state index contributed by atoms with van der Waals surface area (Å²) in [6.07, 6.45) is 5.35. The molecule has 0 saturated heterocycles. The van der Waals surface area contributed by atoms with Crippen molar-refractivity contribution in [2.45, 2.75) is 25.9 Å². The lowest BCUT2D eigenvalue weighted by Gasteiger charge is -2.29. The number of aliphatic hydroxyl groups excluding tert-OH is 1. The predicted molar refractivity (Wildman–Crippen MR) is 44.3 cm³/mol. The van der Waals surface area contributed by atoms with E-state index in [1.165, 1.54) is 0 Å². The summed E-state index contributed by atoms with van der Waals surface area (Å²) in [7, 11) is 0. The molecule has 0 radical (unpaired) electrons. The molecule has 1 rings (SSSR count). The van der Waals surface area contributed by atoms with Crippen LogP contribution in [0.15, 0.2) is 24.0 Å². The Morgan fingerprint density at radius 3 is 2.55 bits per heavy atom. The van der Waals surface area contributed by atoms with Crippen molar-refractivity contribution >= 4 is 0 Å². The van der Waals surface area contributed by atoms with Crippen molar-refractivity contribution in [3.63, 3.8) is 0 Å². The van der Waals surface area contributed by atoms with Gasteiger partial charge < -0.3 is 10.2 Å². The highest BCUT2D eigenvalue weighted by molar-refractivity contribution is 5.22. The molecule has 0 aromatic carbocycles. The fourth-order valence-electron chi connectivity index (χ4n) is 1.06. The average molecular weight is 154 g/mol. The van der Waals surface area contributed by atoms with Crippen molar-refractivity contribution in [1.29, 1.82) is 0 Å². The SMILES string of the molecule is CC(C)C1(O)C=CC(O)=CC1. The van der Waals surface area contributed by atoms with Gasteiger partial charge in [0.1, 0.15) is 5.76 Å². The van der Waals surface area contributed by atoms with Crippen molar-refractivity contribution in [3.05, 3.63) is 24.0 Å². The van der Waals surface area contributed by atoms with Crippen molar-refractivity contribution in [3.8, 4) is 0 Å². The first-order valence-electron chi connectivity index (χ1n) is 3.85. The Labute approximate surface area is 66.9 Å². The van der Waals surface area contributed by atoms with Crippen LogP contribution in [0.4, 0.5) is 0 Å². The largest absolute Gasteiger partial charge is 0.508 e. The zero-order chi connectivity index (χ0) is 8.48. The molecule has 0 heterocycles. The fraction of sp³-hybridized carbons (Fsp3) is 0.556. The van der Waals surface area contributed by atoms with Crippen molar-refractivity contribution in [1.82, 2.24) is 0 Å². The standard InChI is InChI=1S/C9H14O2/c1-7(2)9(11)5-3-8(10)4-6-9/h3-5,7,10-11H,6H2,1-2H3. The Morgan fingerprint density at radius 2 is 2.18 bits per heavy atom. The quantitative estimate of drug-likeness (QED) is 0.604. The molecule has 0 amide bonds. The molecule has 2 N–H and O–H groups in total. The summed E-state index contributed by atoms with van der Waals surface area (Å²) < 4.78 is 0. The molecule has 0 bridgehead atoms. The minimum absolute atomic E-state index is 0.183. The first-order valence-corrected chi connectivity index (χ1v) is 3.85. The summed E-state index contributed by atoms with van der Waals surface area (Å²) in [6.45, 7) is 3.92. The molecule has 0 spiro atoms. The number of hydrogen-bond acceptors (Lipinski definition) is 2. The number of rotatable bonds is 1. The van der Waals surface area contributed by atoms with E-state index in [4.69, 9.17) is 5.11 Å². The molecule has 1 aliphatic rings. The van der Waals surface area contributed by atoms with Gasteiger partial charge >= 0.3 is 0 Å². The van der Waals surface area contributed by atoms with Gasteiger partial charge in [-0.3, -0.25) is 0 Å². The van der Waals surface area contributed by atoms with Gasteiger partial charge in [0.15, 0.2) is 0 Å². The van der Waals surface area contributed by atoms with Crippen LogP contribution in [0.2, 0.25) is 0 Å². The first-order chi connectivity index (χ1) is 5.04. The molecule has 2 nitrogen and oxygen atoms in total. The van der Waals surface area contributed by atoms with Gasteiger partial charge in [0, 0.05) is 6.42 Å². The van der Waals surface area contributed by atoms with E-state index in [1.54, 1.807) is 18.2 Å². The Morgan fingerprint density at radius 1 is 1.55 bits per heavy atom. The van der Waals surface area contributed by atoms with E-state index in [-0.39, 0.29) is 11.7 Å². The summed E-state index contributed by atoms with van der Waals surface area (Å²) >= 11 is 0. The lowest BCUT2D eigenvalue weighted by Crippen LogP contribution is -2.33. The van der Waals surface area contributed by atoms with Gasteiger partial charge in [-0.15, -0.1) is 0 Å². The smallest absolute Gasteiger partial charge is 0.111 e. The van der Waals surface area contributed by atoms with Gasteiger partial charge in [-0.25, -0.2) is 0 Å². The van der Waals surface area contributed by atoms with E-state index >= 15 is 0 Å². The first kappa shape index (κ1) is 8.34. The molecule has 2 heteroatoms. The highest BCUT2D eigenvalue weighted by Crippen LogP contribution is 2.27. The van der Waals surface area contributed by atoms with Crippen LogP contribution in [0.5, 0.6) is 0 Å². The summed E-state index contributed by atoms with van der Waals surface area (Å²) in [5, 5.41) is 18.8. The maximum Gasteiger partial charge on any atom is 0.111 e. The molecule has 11 heavy (non-hydrogen) atoms. The van der Waals surface area contributed by atoms with E-state index in [1.807, 2.05) is 13.8 Å². The molecule has 0 saturated carbocycles. The van der Waals surface area contributed by atoms with Gasteiger partial charge in [0.2, 0.25) is 0 Å². The average Bonchev–Trinajstić information content (AvgIpc) is 1.95. The maximum atomic E-state index is 9.82. The van der Waals surface area contributed by atoms with Crippen molar-refractivity contribution < 1.29 is 10.2 Å². The van der Waals surface area contributed by atoms with Crippen LogP contribution < -0.4 is 0 Å². The van der Waals surface area contributed by atoms with E-state index in [0.717, 1.165) is 0 Å². The van der Waals surface area contributed by atoms with Crippen molar-refractivity contribution in [2.24, 2.45) is 5.92 Å². The van der Waals surface area contributed by atoms with Crippen LogP contribution in [0, 0.1) is 5.92 Å². The molecule has 0 aliphatic heterocycles. The third-order valence-electron chi connectivity index (χ3n) is 2.18. The number of allylic oxidation sites excluding steroid dienone is 1. The van der Waals surface area contributed by atoms with Gasteiger partial charge in [-0.1, -0.05) is 13.8 Å². The van der Waals surface area contributed by atoms with Gasteiger partial charge in [-0.2, -0.15) is 0 Å². The molecule has 0 aromatic heterocycles. The number of hydrogen-bond donors (Lipinski definition) is 2. The minimum atomic E-state index is -0.758. The molecule has 0 aromatic rings. The van der Waals surface area contributed by atoms with Crippen molar-refractivity contribution in [2.75, 3.05) is 0 Å². The fourth-order valence-corrected chi connectivity index (χ4v) is 1.06. The normalized spacial score (nSPS) is 30.7. The molecule has 0 fully saturated rings. The highest BCUT2D eigenvalue weighted by atomic mass is 16.3. The summed E-state index contributed by atoms with van der Waals surface area (Å²) in [5.41, 5.74) is -0.758. The molecule has 62 valence electrons. The summed E-state index contributed by atoms with van der Waals surface area (Å²) in [5.74, 6) is 0.429. The molecule has 1 atom stereocenters. The molecular formula is C9H14O2. The van der Waals surface area contributed by atoms with Crippen LogP contribution in [-0.4, -0.2) is 15.8 Å². The Bertz CT molecular complexity index is 204. The molecule has 1 aliphatic carbocycles. The lowest BCUT2D eigenvalue weighted by molar-refractivity contribution is 0.0435. The minimum Gasteiger partial charge on any atom is -0.508 e. The van der Waals surface area contributed by atoms with Gasteiger partial charge in [0.25, 0.3) is 0 Å². The van der Waals surface area contributed by atoms with Crippen LogP contribution in [0.3, 0.4) is 0 Å². The van der Waals surface area contributed by atoms with Gasteiger partial charge in [-0.05, 0) is 24.1 Å². The Balaban J connectivity index is 2.74. The zero-order valence-corrected chi connectivity index (χ0v) is 6.91. The summed E-state index contributed by atoms with van der Waals surface area (Å²) in [4.78, 5) is 0. The topological polar surface area (TPSA) is 40.5 Å². The molecule has 1 unspecified atom stereocenters. The second-order valence-corrected chi connectivity index (χ2v) is 3.31. The molecular weight excluding hydrogens is 140 g/mol. The monoisotopic (exact) mass is 154 g/mol. The second-order valence-electron chi connectivity index (χ2n) is 3.31. The maximum absolute atomic E-state index is 9.82. The second kappa shape index (κ2) is 2.70. The van der Waals surface area contributed by atoms with E-state index in [0.29, 0.717) is 6.42 Å². The zero-order valence-electron chi connectivity index (χ0n) is 6.91. The highest BCUT2D eigenvalue weighted by Gasteiger charge is 2.28. The van der Waals surface area contributed by atoms with Gasteiger partial charge in [0.05, 0.1) is 5.60 Å². The van der Waals surface area contributed by atoms with Crippen LogP contribution >= 0.6 is 0 Å². The van der Waals surface area contributed by atoms with E-state index < -0.39 is 5.60 Å². The third-order valence-corrected chi connectivity index (χ3v) is 2.18. The lowest BCUT2D eigenvalue weighted by atomic mass is 9.84. The number of aliphatic hydroxyl groups is 2.